The van der Waals surface area contributed by atoms with Crippen molar-refractivity contribution in [2.24, 2.45) is 0 Å². The Morgan fingerprint density at radius 1 is 1.26 bits per heavy atom. The predicted molar refractivity (Wildman–Crippen MR) is 83.5 cm³/mol. The Bertz CT molecular complexity index is 692. The Balaban J connectivity index is 1.63. The standard InChI is InChI=1S/C14H16N4O4S/c1-9-11(23-14(15-9)18-4-7-21-8-5-18)13(20)17-16-12(19)10-3-2-6-22-10/h2-3,6H,4-5,7-8H2,1H3,(H,16,19)(H,17,20). The molecule has 23 heavy (non-hydrogen) atoms. The van der Waals surface area contributed by atoms with Crippen LogP contribution in [0, 0.1) is 6.92 Å². The molecule has 3 rings (SSSR count). The molecule has 2 aromatic rings. The van der Waals surface area contributed by atoms with Crippen LogP contribution in [0.1, 0.15) is 25.9 Å². The number of hydrazine groups is 1. The number of hydrogen-bond acceptors (Lipinski definition) is 7. The molecule has 2 N–H and O–H groups in total. The first-order chi connectivity index (χ1) is 11.1. The molecule has 0 aliphatic carbocycles. The van der Waals surface area contributed by atoms with Gasteiger partial charge in [0.05, 0.1) is 25.2 Å². The van der Waals surface area contributed by atoms with E-state index in [1.807, 2.05) is 0 Å². The van der Waals surface area contributed by atoms with Gasteiger partial charge in [-0.15, -0.1) is 0 Å². The number of rotatable bonds is 3. The molecule has 3 heterocycles. The normalized spacial score (nSPS) is 14.6. The third-order valence-corrected chi connectivity index (χ3v) is 4.52. The summed E-state index contributed by atoms with van der Waals surface area (Å²) >= 11 is 1.30. The molecular formula is C14H16N4O4S. The quantitative estimate of drug-likeness (QED) is 0.810. The summed E-state index contributed by atoms with van der Waals surface area (Å²) < 4.78 is 10.3. The highest BCUT2D eigenvalue weighted by Gasteiger charge is 2.21. The Kier molecular flexibility index (Phi) is 4.58. The van der Waals surface area contributed by atoms with Gasteiger partial charge in [-0.05, 0) is 19.1 Å². The van der Waals surface area contributed by atoms with Crippen LogP contribution in [0.2, 0.25) is 0 Å². The molecule has 0 radical (unpaired) electrons. The third-order valence-electron chi connectivity index (χ3n) is 3.31. The highest BCUT2D eigenvalue weighted by atomic mass is 32.1. The van der Waals surface area contributed by atoms with E-state index >= 15 is 0 Å². The van der Waals surface area contributed by atoms with Gasteiger partial charge >= 0.3 is 5.91 Å². The van der Waals surface area contributed by atoms with Gasteiger partial charge in [-0.1, -0.05) is 11.3 Å². The van der Waals surface area contributed by atoms with E-state index in [0.717, 1.165) is 18.2 Å². The Hall–Kier alpha value is -2.39. The minimum Gasteiger partial charge on any atom is -0.459 e. The molecule has 8 nitrogen and oxygen atoms in total. The van der Waals surface area contributed by atoms with Crippen molar-refractivity contribution in [1.29, 1.82) is 0 Å². The average molecular weight is 336 g/mol. The van der Waals surface area contributed by atoms with Crippen molar-refractivity contribution in [2.75, 3.05) is 31.2 Å². The molecule has 0 atom stereocenters. The van der Waals surface area contributed by atoms with E-state index < -0.39 is 11.8 Å². The summed E-state index contributed by atoms with van der Waals surface area (Å²) in [6.45, 7) is 4.58. The molecule has 2 aromatic heterocycles. The van der Waals surface area contributed by atoms with Crippen molar-refractivity contribution >= 4 is 28.3 Å². The summed E-state index contributed by atoms with van der Waals surface area (Å²) in [5.41, 5.74) is 5.31. The number of carbonyl (C=O) groups is 2. The Labute approximate surface area is 136 Å². The number of carbonyl (C=O) groups excluding carboxylic acids is 2. The number of nitrogens with one attached hydrogen (secondary N) is 2. The maximum Gasteiger partial charge on any atom is 0.305 e. The van der Waals surface area contributed by atoms with Crippen molar-refractivity contribution < 1.29 is 18.7 Å². The van der Waals surface area contributed by atoms with E-state index in [2.05, 4.69) is 20.7 Å². The van der Waals surface area contributed by atoms with E-state index in [1.165, 1.54) is 23.7 Å². The molecule has 9 heteroatoms. The van der Waals surface area contributed by atoms with Crippen LogP contribution < -0.4 is 15.8 Å². The molecule has 1 saturated heterocycles. The van der Waals surface area contributed by atoms with E-state index in [4.69, 9.17) is 9.15 Å². The number of aromatic nitrogens is 1. The molecule has 0 unspecified atom stereocenters. The summed E-state index contributed by atoms with van der Waals surface area (Å²) in [7, 11) is 0. The van der Waals surface area contributed by atoms with Crippen LogP contribution in [0.5, 0.6) is 0 Å². The van der Waals surface area contributed by atoms with E-state index in [9.17, 15) is 9.59 Å². The minimum absolute atomic E-state index is 0.125. The lowest BCUT2D eigenvalue weighted by Gasteiger charge is -2.25. The second-order valence-corrected chi connectivity index (χ2v) is 5.87. The maximum atomic E-state index is 12.2. The van der Waals surface area contributed by atoms with Gasteiger partial charge in [-0.3, -0.25) is 20.4 Å². The van der Waals surface area contributed by atoms with Crippen molar-refractivity contribution in [1.82, 2.24) is 15.8 Å². The van der Waals surface area contributed by atoms with Crippen LogP contribution in [-0.4, -0.2) is 43.1 Å². The highest BCUT2D eigenvalue weighted by molar-refractivity contribution is 7.17. The number of ether oxygens (including phenoxy) is 1. The van der Waals surface area contributed by atoms with Gasteiger partial charge in [-0.25, -0.2) is 4.98 Å². The Morgan fingerprint density at radius 2 is 2.00 bits per heavy atom. The summed E-state index contributed by atoms with van der Waals surface area (Å²) in [6.07, 6.45) is 1.39. The topological polar surface area (TPSA) is 96.7 Å². The number of nitrogens with zero attached hydrogens (tertiary/aromatic N) is 2. The molecule has 0 bridgehead atoms. The first-order valence-corrected chi connectivity index (χ1v) is 7.91. The largest absolute Gasteiger partial charge is 0.459 e. The summed E-state index contributed by atoms with van der Waals surface area (Å²) in [6, 6.07) is 3.11. The fourth-order valence-corrected chi connectivity index (χ4v) is 3.14. The van der Waals surface area contributed by atoms with E-state index in [-0.39, 0.29) is 5.76 Å². The molecule has 0 saturated carbocycles. The van der Waals surface area contributed by atoms with Crippen LogP contribution in [0.25, 0.3) is 0 Å². The van der Waals surface area contributed by atoms with Gasteiger partial charge in [-0.2, -0.15) is 0 Å². The van der Waals surface area contributed by atoms with Crippen LogP contribution >= 0.6 is 11.3 Å². The Morgan fingerprint density at radius 3 is 2.70 bits per heavy atom. The van der Waals surface area contributed by atoms with Gasteiger partial charge in [0.25, 0.3) is 5.91 Å². The maximum absolute atomic E-state index is 12.2. The van der Waals surface area contributed by atoms with E-state index in [1.54, 1.807) is 13.0 Å². The van der Waals surface area contributed by atoms with Crippen molar-refractivity contribution in [3.05, 3.63) is 34.7 Å². The lowest BCUT2D eigenvalue weighted by Crippen LogP contribution is -2.41. The van der Waals surface area contributed by atoms with Gasteiger partial charge in [0.15, 0.2) is 10.9 Å². The highest BCUT2D eigenvalue weighted by Crippen LogP contribution is 2.26. The van der Waals surface area contributed by atoms with E-state index in [0.29, 0.717) is 23.8 Å². The van der Waals surface area contributed by atoms with Crippen LogP contribution in [-0.2, 0) is 4.74 Å². The predicted octanol–water partition coefficient (Wildman–Crippen LogP) is 0.956. The van der Waals surface area contributed by atoms with Crippen molar-refractivity contribution in [2.45, 2.75) is 6.92 Å². The number of aryl methyl sites for hydroxylation is 1. The smallest absolute Gasteiger partial charge is 0.305 e. The third kappa shape index (κ3) is 3.51. The van der Waals surface area contributed by atoms with Crippen LogP contribution in [0.3, 0.4) is 0 Å². The monoisotopic (exact) mass is 336 g/mol. The van der Waals surface area contributed by atoms with Gasteiger partial charge in [0.1, 0.15) is 4.88 Å². The fraction of sp³-hybridized carbons (Fsp3) is 0.357. The fourth-order valence-electron chi connectivity index (χ4n) is 2.12. The molecule has 1 aliphatic heterocycles. The van der Waals surface area contributed by atoms with Crippen molar-refractivity contribution in [3.63, 3.8) is 0 Å². The number of hydrogen-bond donors (Lipinski definition) is 2. The average Bonchev–Trinajstić information content (AvgIpc) is 3.23. The number of furan rings is 1. The zero-order valence-electron chi connectivity index (χ0n) is 12.5. The molecule has 0 aromatic carbocycles. The zero-order chi connectivity index (χ0) is 16.2. The second kappa shape index (κ2) is 6.80. The summed E-state index contributed by atoms with van der Waals surface area (Å²) in [5.74, 6) is -0.793. The molecule has 122 valence electrons. The molecular weight excluding hydrogens is 320 g/mol. The lowest BCUT2D eigenvalue weighted by atomic mass is 10.4. The van der Waals surface area contributed by atoms with Gasteiger partial charge in [0, 0.05) is 13.1 Å². The van der Waals surface area contributed by atoms with Crippen LogP contribution in [0.15, 0.2) is 22.8 Å². The van der Waals surface area contributed by atoms with Crippen LogP contribution in [0.4, 0.5) is 5.13 Å². The zero-order valence-corrected chi connectivity index (χ0v) is 13.3. The van der Waals surface area contributed by atoms with Gasteiger partial charge in [0.2, 0.25) is 0 Å². The SMILES string of the molecule is Cc1nc(N2CCOCC2)sc1C(=O)NNC(=O)c1ccco1. The number of anilines is 1. The molecule has 0 spiro atoms. The number of morpholine rings is 1. The molecule has 1 aliphatic rings. The second-order valence-electron chi connectivity index (χ2n) is 4.90. The number of thiazole rings is 1. The first kappa shape index (κ1) is 15.5. The summed E-state index contributed by atoms with van der Waals surface area (Å²) in [5, 5.41) is 0.785. The van der Waals surface area contributed by atoms with Crippen molar-refractivity contribution in [3.8, 4) is 0 Å². The lowest BCUT2D eigenvalue weighted by molar-refractivity contribution is 0.0832. The molecule has 1 fully saturated rings. The number of amides is 2. The summed E-state index contributed by atoms with van der Waals surface area (Å²) in [4.78, 5) is 30.9. The molecule has 2 amide bonds. The first-order valence-electron chi connectivity index (χ1n) is 7.09. The van der Waals surface area contributed by atoms with Gasteiger partial charge < -0.3 is 14.1 Å². The minimum atomic E-state index is -0.515.